The first kappa shape index (κ1) is 19.6. The fourth-order valence-corrected chi connectivity index (χ4v) is 4.10. The first-order chi connectivity index (χ1) is 16.0. The van der Waals surface area contributed by atoms with E-state index < -0.39 is 11.2 Å². The summed E-state index contributed by atoms with van der Waals surface area (Å²) in [7, 11) is 0. The molecule has 0 bridgehead atoms. The Morgan fingerprint density at radius 2 is 2.06 bits per heavy atom. The summed E-state index contributed by atoms with van der Waals surface area (Å²) in [6.07, 6.45) is 4.20. The lowest BCUT2D eigenvalue weighted by Crippen LogP contribution is -2.25. The number of hydrogen-bond donors (Lipinski definition) is 1. The maximum absolute atomic E-state index is 13.8. The minimum atomic E-state index is -1.08. The van der Waals surface area contributed by atoms with Crippen molar-refractivity contribution < 1.29 is 9.63 Å². The molecule has 0 amide bonds. The van der Waals surface area contributed by atoms with E-state index in [-0.39, 0.29) is 40.1 Å². The fraction of sp³-hybridized carbons (Fsp3) is 0.182. The van der Waals surface area contributed by atoms with E-state index >= 15 is 0 Å². The summed E-state index contributed by atoms with van der Waals surface area (Å²) >= 11 is 6.30. The van der Waals surface area contributed by atoms with Gasteiger partial charge in [0.05, 0.1) is 33.9 Å². The second-order valence-corrected chi connectivity index (χ2v) is 8.29. The Balaban J connectivity index is 1.67. The zero-order valence-corrected chi connectivity index (χ0v) is 17.7. The van der Waals surface area contributed by atoms with Crippen LogP contribution in [0.15, 0.2) is 52.2 Å². The number of hydrogen-bond acceptors (Lipinski definition) is 8. The Morgan fingerprint density at radius 3 is 2.79 bits per heavy atom. The molecule has 1 N–H and O–H groups in total. The maximum atomic E-state index is 13.8. The van der Waals surface area contributed by atoms with Crippen molar-refractivity contribution >= 4 is 28.2 Å². The molecule has 1 aliphatic carbocycles. The van der Waals surface area contributed by atoms with Gasteiger partial charge < -0.3 is 9.63 Å². The van der Waals surface area contributed by atoms with Crippen LogP contribution in [0.25, 0.3) is 28.1 Å². The number of aromatic nitrogens is 6. The van der Waals surface area contributed by atoms with Gasteiger partial charge in [0.25, 0.3) is 11.4 Å². The van der Waals surface area contributed by atoms with Gasteiger partial charge >= 0.3 is 0 Å². The molecule has 0 atom stereocenters. The second kappa shape index (κ2) is 6.96. The van der Waals surface area contributed by atoms with Crippen LogP contribution in [0.5, 0.6) is 0 Å². The summed E-state index contributed by atoms with van der Waals surface area (Å²) in [6.45, 7) is 0.112. The fourth-order valence-electron chi connectivity index (χ4n) is 3.91. The van der Waals surface area contributed by atoms with Crippen LogP contribution in [-0.4, -0.2) is 34.2 Å². The van der Waals surface area contributed by atoms with Crippen LogP contribution in [-0.2, 0) is 12.1 Å². The first-order valence-electron chi connectivity index (χ1n) is 10.1. The highest BCUT2D eigenvalue weighted by molar-refractivity contribution is 6.32. The SMILES string of the molecule is N#Cc1c(Cl)ccc2c1n(Cc1ccccn1)c(=O)c1c(-c3nc(C4(O)CC4)no3)ncn12. The lowest BCUT2D eigenvalue weighted by atomic mass is 10.1. The smallest absolute Gasteiger partial charge is 0.279 e. The van der Waals surface area contributed by atoms with Crippen molar-refractivity contribution in [2.75, 3.05) is 0 Å². The molecule has 1 aliphatic rings. The lowest BCUT2D eigenvalue weighted by molar-refractivity contribution is 0.137. The number of halogens is 1. The topological polar surface area (TPSA) is 135 Å². The second-order valence-electron chi connectivity index (χ2n) is 7.88. The number of nitriles is 1. The predicted molar refractivity (Wildman–Crippen MR) is 116 cm³/mol. The molecule has 0 spiro atoms. The molecule has 0 radical (unpaired) electrons. The first-order valence-corrected chi connectivity index (χ1v) is 10.5. The number of rotatable bonds is 4. The molecule has 162 valence electrons. The van der Waals surface area contributed by atoms with Gasteiger partial charge in [-0.05, 0) is 37.1 Å². The van der Waals surface area contributed by atoms with Gasteiger partial charge in [0.2, 0.25) is 5.82 Å². The molecule has 0 unspecified atom stereocenters. The van der Waals surface area contributed by atoms with Gasteiger partial charge in [0, 0.05) is 6.20 Å². The van der Waals surface area contributed by atoms with E-state index in [4.69, 9.17) is 16.1 Å². The van der Waals surface area contributed by atoms with E-state index in [9.17, 15) is 15.2 Å². The maximum Gasteiger partial charge on any atom is 0.279 e. The van der Waals surface area contributed by atoms with Crippen molar-refractivity contribution in [1.82, 2.24) is 29.1 Å². The molecular formula is C22H14ClN7O3. The Morgan fingerprint density at radius 1 is 1.21 bits per heavy atom. The summed E-state index contributed by atoms with van der Waals surface area (Å²) in [4.78, 5) is 26.7. The molecule has 10 nitrogen and oxygen atoms in total. The number of aliphatic hydroxyl groups is 1. The molecule has 33 heavy (non-hydrogen) atoms. The summed E-state index contributed by atoms with van der Waals surface area (Å²) in [6, 6.07) is 10.8. The van der Waals surface area contributed by atoms with Gasteiger partial charge in [-0.2, -0.15) is 10.2 Å². The molecule has 4 aromatic heterocycles. The van der Waals surface area contributed by atoms with E-state index in [1.165, 1.54) is 10.9 Å². The van der Waals surface area contributed by atoms with Crippen molar-refractivity contribution in [2.24, 2.45) is 0 Å². The molecule has 1 saturated carbocycles. The molecule has 11 heteroatoms. The van der Waals surface area contributed by atoms with Gasteiger partial charge in [-0.25, -0.2) is 4.98 Å². The summed E-state index contributed by atoms with van der Waals surface area (Å²) < 4.78 is 8.37. The quantitative estimate of drug-likeness (QED) is 0.433. The van der Waals surface area contributed by atoms with Crippen molar-refractivity contribution in [3.63, 3.8) is 0 Å². The molecule has 1 fully saturated rings. The normalized spacial score (nSPS) is 14.6. The number of fused-ring (bicyclic) bond motifs is 3. The highest BCUT2D eigenvalue weighted by Gasteiger charge is 2.47. The number of benzene rings is 1. The van der Waals surface area contributed by atoms with E-state index in [1.54, 1.807) is 34.9 Å². The van der Waals surface area contributed by atoms with Crippen molar-refractivity contribution in [2.45, 2.75) is 25.0 Å². The molecule has 1 aromatic carbocycles. The van der Waals surface area contributed by atoms with Crippen LogP contribution in [0.4, 0.5) is 0 Å². The van der Waals surface area contributed by atoms with E-state index in [1.807, 2.05) is 6.07 Å². The predicted octanol–water partition coefficient (Wildman–Crippen LogP) is 2.65. The summed E-state index contributed by atoms with van der Waals surface area (Å²) in [5.74, 6) is 0.204. The minimum Gasteiger partial charge on any atom is -0.382 e. The van der Waals surface area contributed by atoms with Crippen molar-refractivity contribution in [3.8, 4) is 17.7 Å². The Hall–Kier alpha value is -4.07. The molecule has 5 aromatic rings. The lowest BCUT2D eigenvalue weighted by Gasteiger charge is -2.14. The zero-order valence-electron chi connectivity index (χ0n) is 16.9. The van der Waals surface area contributed by atoms with Gasteiger partial charge in [-0.3, -0.25) is 18.7 Å². The van der Waals surface area contributed by atoms with Crippen LogP contribution in [0.1, 0.15) is 29.9 Å². The number of nitrogens with zero attached hydrogens (tertiary/aromatic N) is 7. The third-order valence-corrected chi connectivity index (χ3v) is 6.09. The van der Waals surface area contributed by atoms with Gasteiger partial charge in [0.1, 0.15) is 23.5 Å². The van der Waals surface area contributed by atoms with Gasteiger partial charge in [0.15, 0.2) is 5.69 Å². The monoisotopic (exact) mass is 459 g/mol. The molecular weight excluding hydrogens is 446 g/mol. The van der Waals surface area contributed by atoms with Crippen LogP contribution >= 0.6 is 11.6 Å². The Kier molecular flexibility index (Phi) is 4.14. The molecule has 6 rings (SSSR count). The highest BCUT2D eigenvalue weighted by Crippen LogP contribution is 2.44. The van der Waals surface area contributed by atoms with Crippen molar-refractivity contribution in [3.05, 3.63) is 75.3 Å². The summed E-state index contributed by atoms with van der Waals surface area (Å²) in [5.41, 5.74) is 0.611. The van der Waals surface area contributed by atoms with E-state index in [0.29, 0.717) is 29.6 Å². The van der Waals surface area contributed by atoms with Crippen LogP contribution < -0.4 is 5.56 Å². The Labute approximate surface area is 190 Å². The number of pyridine rings is 1. The third kappa shape index (κ3) is 2.94. The standard InChI is InChI=1S/C22H14ClN7O3/c23-14-4-5-15-17(13(14)9-24)29(10-12-3-1-2-8-25-12)20(31)18-16(26-11-30(15)18)19-27-21(28-33-19)22(32)6-7-22/h1-5,8,11,32H,6-7,10H2. The molecule has 4 heterocycles. The molecule has 0 aliphatic heterocycles. The van der Waals surface area contributed by atoms with E-state index in [0.717, 1.165) is 0 Å². The van der Waals surface area contributed by atoms with Gasteiger partial charge in [-0.1, -0.05) is 22.8 Å². The Bertz CT molecular complexity index is 1660. The van der Waals surface area contributed by atoms with Crippen molar-refractivity contribution in [1.29, 1.82) is 5.26 Å². The van der Waals surface area contributed by atoms with Crippen LogP contribution in [0.3, 0.4) is 0 Å². The highest BCUT2D eigenvalue weighted by atomic mass is 35.5. The molecule has 0 saturated heterocycles. The van der Waals surface area contributed by atoms with E-state index in [2.05, 4.69) is 26.2 Å². The van der Waals surface area contributed by atoms with Crippen LogP contribution in [0, 0.1) is 11.3 Å². The zero-order chi connectivity index (χ0) is 22.7. The minimum absolute atomic E-state index is 0.0307. The van der Waals surface area contributed by atoms with Crippen LogP contribution in [0.2, 0.25) is 5.02 Å². The third-order valence-electron chi connectivity index (χ3n) is 5.78. The average molecular weight is 460 g/mol. The summed E-state index contributed by atoms with van der Waals surface area (Å²) in [5, 5.41) is 24.2. The average Bonchev–Trinajstić information content (AvgIpc) is 3.22. The number of imidazole rings is 1. The van der Waals surface area contributed by atoms with Gasteiger partial charge in [-0.15, -0.1) is 0 Å². The largest absolute Gasteiger partial charge is 0.382 e.